The number of benzene rings is 1. The van der Waals surface area contributed by atoms with Gasteiger partial charge in [0.1, 0.15) is 6.07 Å². The summed E-state index contributed by atoms with van der Waals surface area (Å²) in [7, 11) is 0. The van der Waals surface area contributed by atoms with Crippen LogP contribution in [0, 0.1) is 11.3 Å². The van der Waals surface area contributed by atoms with Gasteiger partial charge in [-0.3, -0.25) is 0 Å². The minimum absolute atomic E-state index is 0.377. The van der Waals surface area contributed by atoms with Crippen LogP contribution in [0.4, 0.5) is 0 Å². The molecule has 1 aromatic heterocycles. The molecule has 3 rings (SSSR count). The van der Waals surface area contributed by atoms with Gasteiger partial charge in [0.15, 0.2) is 5.58 Å². The van der Waals surface area contributed by atoms with Crippen LogP contribution in [0.2, 0.25) is 10.0 Å². The van der Waals surface area contributed by atoms with Crippen LogP contribution in [-0.4, -0.2) is 0 Å². The van der Waals surface area contributed by atoms with Gasteiger partial charge in [0.2, 0.25) is 5.76 Å². The lowest BCUT2D eigenvalue weighted by Gasteiger charge is -1.96. The minimum Gasteiger partial charge on any atom is -0.444 e. The van der Waals surface area contributed by atoms with E-state index in [2.05, 4.69) is 6.07 Å². The maximum atomic E-state index is 9.04. The quantitative estimate of drug-likeness (QED) is 0.749. The highest BCUT2D eigenvalue weighted by Crippen LogP contribution is 2.47. The highest BCUT2D eigenvalue weighted by Gasteiger charge is 2.31. The SMILES string of the molecule is N#Cc1oc2c(Cl)cc(Cl)cc2c1C1CC1. The van der Waals surface area contributed by atoms with Crippen LogP contribution in [-0.2, 0) is 0 Å². The van der Waals surface area contributed by atoms with E-state index in [-0.39, 0.29) is 0 Å². The number of hydrogen-bond donors (Lipinski definition) is 0. The van der Waals surface area contributed by atoms with Crippen LogP contribution >= 0.6 is 23.2 Å². The molecule has 2 aromatic rings. The van der Waals surface area contributed by atoms with Gasteiger partial charge in [0.05, 0.1) is 5.02 Å². The Bertz CT molecular complexity index is 620. The number of halogens is 2. The molecule has 0 bridgehead atoms. The van der Waals surface area contributed by atoms with Crippen molar-refractivity contribution in [3.05, 3.63) is 33.5 Å². The monoisotopic (exact) mass is 251 g/mol. The van der Waals surface area contributed by atoms with Crippen molar-refractivity contribution in [3.8, 4) is 6.07 Å². The van der Waals surface area contributed by atoms with E-state index in [1.54, 1.807) is 6.07 Å². The minimum atomic E-state index is 0.377. The second-order valence-corrected chi connectivity index (χ2v) is 4.84. The topological polar surface area (TPSA) is 36.9 Å². The molecule has 1 heterocycles. The fraction of sp³-hybridized carbons (Fsp3) is 0.250. The molecule has 80 valence electrons. The van der Waals surface area contributed by atoms with Crippen molar-refractivity contribution >= 4 is 34.2 Å². The van der Waals surface area contributed by atoms with E-state index in [1.165, 1.54) is 0 Å². The molecule has 1 aliphatic carbocycles. The van der Waals surface area contributed by atoms with Crippen LogP contribution in [0.15, 0.2) is 16.5 Å². The molecule has 2 nitrogen and oxygen atoms in total. The van der Waals surface area contributed by atoms with Crippen molar-refractivity contribution in [2.24, 2.45) is 0 Å². The summed E-state index contributed by atoms with van der Waals surface area (Å²) < 4.78 is 5.48. The molecule has 0 amide bonds. The molecule has 0 unspecified atom stereocenters. The Morgan fingerprint density at radius 2 is 2.06 bits per heavy atom. The number of furan rings is 1. The first-order valence-electron chi connectivity index (χ1n) is 5.02. The van der Waals surface area contributed by atoms with Gasteiger partial charge in [-0.25, -0.2) is 0 Å². The van der Waals surface area contributed by atoms with E-state index in [4.69, 9.17) is 32.9 Å². The maximum Gasteiger partial charge on any atom is 0.208 e. The second kappa shape index (κ2) is 3.41. The third-order valence-electron chi connectivity index (χ3n) is 2.83. The van der Waals surface area contributed by atoms with Gasteiger partial charge in [-0.2, -0.15) is 5.26 Å². The molecule has 16 heavy (non-hydrogen) atoms. The largest absolute Gasteiger partial charge is 0.444 e. The lowest BCUT2D eigenvalue weighted by atomic mass is 10.1. The molecule has 0 spiro atoms. The third kappa shape index (κ3) is 1.40. The van der Waals surface area contributed by atoms with E-state index in [0.29, 0.717) is 27.3 Å². The average molecular weight is 252 g/mol. The van der Waals surface area contributed by atoms with Crippen LogP contribution in [0.25, 0.3) is 11.0 Å². The number of hydrogen-bond acceptors (Lipinski definition) is 2. The highest BCUT2D eigenvalue weighted by atomic mass is 35.5. The first-order valence-corrected chi connectivity index (χ1v) is 5.78. The molecule has 0 radical (unpaired) electrons. The van der Waals surface area contributed by atoms with Gasteiger partial charge >= 0.3 is 0 Å². The third-order valence-corrected chi connectivity index (χ3v) is 3.33. The number of nitriles is 1. The van der Waals surface area contributed by atoms with Crippen molar-refractivity contribution in [3.63, 3.8) is 0 Å². The molecule has 1 aliphatic rings. The molecule has 0 N–H and O–H groups in total. The summed E-state index contributed by atoms with van der Waals surface area (Å²) in [6.45, 7) is 0. The zero-order valence-corrected chi connectivity index (χ0v) is 9.77. The summed E-state index contributed by atoms with van der Waals surface area (Å²) in [5.74, 6) is 0.812. The first kappa shape index (κ1) is 10.0. The normalized spacial score (nSPS) is 15.3. The fourth-order valence-corrected chi connectivity index (χ4v) is 2.54. The molecule has 0 aliphatic heterocycles. The van der Waals surface area contributed by atoms with Gasteiger partial charge in [-0.1, -0.05) is 23.2 Å². The summed E-state index contributed by atoms with van der Waals surface area (Å²) in [5.41, 5.74) is 1.55. The molecule has 1 aromatic carbocycles. The van der Waals surface area contributed by atoms with Crippen molar-refractivity contribution in [1.82, 2.24) is 0 Å². The number of rotatable bonds is 1. The Labute approximate surface area is 102 Å². The number of fused-ring (bicyclic) bond motifs is 1. The Kier molecular flexibility index (Phi) is 2.14. The summed E-state index contributed by atoms with van der Waals surface area (Å²) in [6, 6.07) is 5.54. The van der Waals surface area contributed by atoms with E-state index < -0.39 is 0 Å². The molecule has 4 heteroatoms. The predicted molar refractivity (Wildman–Crippen MR) is 62.9 cm³/mol. The van der Waals surface area contributed by atoms with Crippen LogP contribution in [0.1, 0.15) is 30.1 Å². The molecular weight excluding hydrogens is 245 g/mol. The summed E-state index contributed by atoms with van der Waals surface area (Å²) in [6.07, 6.45) is 2.21. The van der Waals surface area contributed by atoms with Gasteiger partial charge < -0.3 is 4.42 Å². The maximum absolute atomic E-state index is 9.04. The summed E-state index contributed by atoms with van der Waals surface area (Å²) in [5, 5.41) is 11.0. The predicted octanol–water partition coefficient (Wildman–Crippen LogP) is 4.49. The average Bonchev–Trinajstić information content (AvgIpc) is 3.00. The van der Waals surface area contributed by atoms with E-state index in [1.807, 2.05) is 6.07 Å². The van der Waals surface area contributed by atoms with Crippen LogP contribution in [0.5, 0.6) is 0 Å². The molecule has 0 atom stereocenters. The lowest BCUT2D eigenvalue weighted by molar-refractivity contribution is 0.594. The fourth-order valence-electron chi connectivity index (χ4n) is 2.00. The van der Waals surface area contributed by atoms with Gasteiger partial charge in [-0.05, 0) is 30.9 Å². The highest BCUT2D eigenvalue weighted by molar-refractivity contribution is 6.38. The Balaban J connectivity index is 2.40. The second-order valence-electron chi connectivity index (χ2n) is 4.00. The van der Waals surface area contributed by atoms with Gasteiger partial charge in [0, 0.05) is 16.0 Å². The van der Waals surface area contributed by atoms with Crippen LogP contribution < -0.4 is 0 Å². The van der Waals surface area contributed by atoms with Gasteiger partial charge in [-0.15, -0.1) is 0 Å². The van der Waals surface area contributed by atoms with Crippen molar-refractivity contribution in [2.75, 3.05) is 0 Å². The zero-order valence-electron chi connectivity index (χ0n) is 8.26. The van der Waals surface area contributed by atoms with E-state index in [0.717, 1.165) is 23.8 Å². The lowest BCUT2D eigenvalue weighted by Crippen LogP contribution is -1.80. The molecule has 1 saturated carbocycles. The van der Waals surface area contributed by atoms with Crippen molar-refractivity contribution in [1.29, 1.82) is 5.26 Å². The van der Waals surface area contributed by atoms with E-state index in [9.17, 15) is 0 Å². The molecular formula is C12H7Cl2NO. The molecule has 1 fully saturated rings. The van der Waals surface area contributed by atoms with Crippen molar-refractivity contribution < 1.29 is 4.42 Å². The Morgan fingerprint density at radius 3 is 2.69 bits per heavy atom. The number of nitrogens with zero attached hydrogens (tertiary/aromatic N) is 1. The Morgan fingerprint density at radius 1 is 1.31 bits per heavy atom. The summed E-state index contributed by atoms with van der Waals surface area (Å²) >= 11 is 12.0. The molecule has 0 saturated heterocycles. The van der Waals surface area contributed by atoms with Crippen LogP contribution in [0.3, 0.4) is 0 Å². The van der Waals surface area contributed by atoms with E-state index >= 15 is 0 Å². The standard InChI is InChI=1S/C12H7Cl2NO/c13-7-3-8-11(6-1-2-6)10(5-15)16-12(8)9(14)4-7/h3-4,6H,1-2H2. The van der Waals surface area contributed by atoms with Gasteiger partial charge in [0.25, 0.3) is 0 Å². The van der Waals surface area contributed by atoms with Crippen molar-refractivity contribution in [2.45, 2.75) is 18.8 Å². The zero-order chi connectivity index (χ0) is 11.3. The smallest absolute Gasteiger partial charge is 0.208 e. The summed E-state index contributed by atoms with van der Waals surface area (Å²) in [4.78, 5) is 0. The first-order chi connectivity index (χ1) is 7.70. The Hall–Kier alpha value is -1.17.